The number of carbonyl (C=O) groups excluding carboxylic acids is 3. The van der Waals surface area contributed by atoms with E-state index in [9.17, 15) is 14.4 Å². The molecule has 0 radical (unpaired) electrons. The molecule has 218 valence electrons. The molecule has 1 fully saturated rings. The maximum absolute atomic E-state index is 14.0. The first kappa shape index (κ1) is 29.5. The second-order valence-corrected chi connectivity index (χ2v) is 11.5. The minimum absolute atomic E-state index is 0.200. The van der Waals surface area contributed by atoms with Crippen LogP contribution in [0.1, 0.15) is 56.3 Å². The van der Waals surface area contributed by atoms with Gasteiger partial charge in [0.25, 0.3) is 11.8 Å². The number of nitrogens with one attached hydrogen (secondary N) is 1. The summed E-state index contributed by atoms with van der Waals surface area (Å²) in [7, 11) is 0. The number of ether oxygens (including phenoxy) is 2. The molecule has 2 heterocycles. The standard InChI is InChI=1S/C34H36N2O5S/c1-2-3-4-8-19-26-23-42-33-29(35-28(37)22-40-27-20-13-7-14-21-27)32(38)36(33)30(26)34(39)41-31(24-15-9-5-10-16-24)25-17-11-6-12-18-25/h5-7,9-18,20-21,29,31,33H,2-4,8,19,22-23H2,1H3,(H,35,37)/t29?,33-/m1/s1. The topological polar surface area (TPSA) is 84.9 Å². The average Bonchev–Trinajstić information content (AvgIpc) is 3.04. The highest BCUT2D eigenvalue weighted by Crippen LogP contribution is 2.42. The van der Waals surface area contributed by atoms with Crippen LogP contribution in [0.3, 0.4) is 0 Å². The van der Waals surface area contributed by atoms with Crippen LogP contribution in [0.25, 0.3) is 0 Å². The molecule has 42 heavy (non-hydrogen) atoms. The lowest BCUT2D eigenvalue weighted by molar-refractivity contribution is -0.154. The Morgan fingerprint density at radius 1 is 0.905 bits per heavy atom. The lowest BCUT2D eigenvalue weighted by Crippen LogP contribution is -2.71. The first-order chi connectivity index (χ1) is 20.6. The average molecular weight is 585 g/mol. The quantitative estimate of drug-likeness (QED) is 0.150. The molecule has 3 aromatic rings. The number of esters is 1. The van der Waals surface area contributed by atoms with Gasteiger partial charge in [-0.15, -0.1) is 11.8 Å². The van der Waals surface area contributed by atoms with Crippen LogP contribution < -0.4 is 10.1 Å². The number of nitrogens with zero attached hydrogens (tertiary/aromatic N) is 1. The van der Waals surface area contributed by atoms with Crippen LogP contribution in [0.5, 0.6) is 5.75 Å². The number of hydrogen-bond acceptors (Lipinski definition) is 6. The van der Waals surface area contributed by atoms with Crippen LogP contribution in [0.15, 0.2) is 102 Å². The molecule has 0 aliphatic carbocycles. The van der Waals surface area contributed by atoms with Crippen molar-refractivity contribution in [3.8, 4) is 5.75 Å². The monoisotopic (exact) mass is 584 g/mol. The minimum Gasteiger partial charge on any atom is -0.484 e. The van der Waals surface area contributed by atoms with Crippen molar-refractivity contribution in [3.05, 3.63) is 113 Å². The van der Waals surface area contributed by atoms with Crippen LogP contribution in [-0.4, -0.2) is 46.5 Å². The van der Waals surface area contributed by atoms with E-state index >= 15 is 0 Å². The number of fused-ring (bicyclic) bond motifs is 1. The van der Waals surface area contributed by atoms with Gasteiger partial charge in [0.15, 0.2) is 12.7 Å². The van der Waals surface area contributed by atoms with Crippen LogP contribution >= 0.6 is 11.8 Å². The fourth-order valence-electron chi connectivity index (χ4n) is 5.26. The van der Waals surface area contributed by atoms with Gasteiger partial charge in [-0.25, -0.2) is 4.79 Å². The number of benzene rings is 3. The number of carbonyl (C=O) groups is 3. The summed E-state index contributed by atoms with van der Waals surface area (Å²) in [5, 5.41) is 2.43. The predicted molar refractivity (Wildman–Crippen MR) is 164 cm³/mol. The number of amides is 2. The first-order valence-electron chi connectivity index (χ1n) is 14.5. The number of rotatable bonds is 13. The molecule has 3 aromatic carbocycles. The van der Waals surface area contributed by atoms with E-state index in [2.05, 4.69) is 12.2 Å². The van der Waals surface area contributed by atoms with E-state index in [1.54, 1.807) is 23.9 Å². The number of unbranched alkanes of at least 4 members (excludes halogenated alkanes) is 3. The van der Waals surface area contributed by atoms with Crippen molar-refractivity contribution in [2.45, 2.75) is 56.5 Å². The fraction of sp³-hybridized carbons (Fsp3) is 0.324. The highest BCUT2D eigenvalue weighted by atomic mass is 32.2. The molecular formula is C34H36N2O5S. The maximum Gasteiger partial charge on any atom is 0.356 e. The molecule has 0 saturated carbocycles. The van der Waals surface area contributed by atoms with Gasteiger partial charge in [-0.3, -0.25) is 14.5 Å². The SMILES string of the molecule is CCCCCCC1=C(C(=O)OC(c2ccccc2)c2ccccc2)N2C(=O)C(NC(=O)COc3ccccc3)[C@H]2SC1. The molecule has 2 aliphatic heterocycles. The number of β-lactam (4-membered cyclic amide) rings is 1. The second-order valence-electron chi connectivity index (χ2n) is 10.4. The van der Waals surface area contributed by atoms with Crippen LogP contribution in [0.2, 0.25) is 0 Å². The van der Waals surface area contributed by atoms with E-state index in [4.69, 9.17) is 9.47 Å². The third-order valence-corrected chi connectivity index (χ3v) is 8.77. The smallest absolute Gasteiger partial charge is 0.356 e. The zero-order chi connectivity index (χ0) is 29.3. The van der Waals surface area contributed by atoms with Crippen molar-refractivity contribution < 1.29 is 23.9 Å². The largest absolute Gasteiger partial charge is 0.484 e. The summed E-state index contributed by atoms with van der Waals surface area (Å²) >= 11 is 1.57. The van der Waals surface area contributed by atoms with Crippen molar-refractivity contribution in [1.82, 2.24) is 10.2 Å². The normalized spacial score (nSPS) is 17.9. The summed E-state index contributed by atoms with van der Waals surface area (Å²) < 4.78 is 11.8. The Morgan fingerprint density at radius 3 is 2.14 bits per heavy atom. The molecular weight excluding hydrogens is 548 g/mol. The first-order valence-corrected chi connectivity index (χ1v) is 15.6. The van der Waals surface area contributed by atoms with Gasteiger partial charge in [0.1, 0.15) is 22.9 Å². The van der Waals surface area contributed by atoms with E-state index in [0.717, 1.165) is 48.8 Å². The van der Waals surface area contributed by atoms with Crippen molar-refractivity contribution in [3.63, 3.8) is 0 Å². The van der Waals surface area contributed by atoms with Crippen molar-refractivity contribution in [1.29, 1.82) is 0 Å². The third-order valence-electron chi connectivity index (χ3n) is 7.43. The van der Waals surface area contributed by atoms with E-state index in [1.165, 1.54) is 4.90 Å². The van der Waals surface area contributed by atoms with Crippen LogP contribution in [0, 0.1) is 0 Å². The van der Waals surface area contributed by atoms with Gasteiger partial charge < -0.3 is 14.8 Å². The molecule has 7 nitrogen and oxygen atoms in total. The summed E-state index contributed by atoms with van der Waals surface area (Å²) in [5.74, 6) is -0.0417. The lowest BCUT2D eigenvalue weighted by Gasteiger charge is -2.50. The Kier molecular flexibility index (Phi) is 9.98. The Hall–Kier alpha value is -4.04. The molecule has 1 saturated heterocycles. The van der Waals surface area contributed by atoms with Gasteiger partial charge in [0.2, 0.25) is 0 Å². The van der Waals surface area contributed by atoms with Crippen molar-refractivity contribution >= 4 is 29.5 Å². The summed E-state index contributed by atoms with van der Waals surface area (Å²) in [6.07, 6.45) is 4.32. The maximum atomic E-state index is 14.0. The molecule has 1 unspecified atom stereocenters. The van der Waals surface area contributed by atoms with Crippen LogP contribution in [0.4, 0.5) is 0 Å². The molecule has 5 rings (SSSR count). The Balaban J connectivity index is 1.34. The second kappa shape index (κ2) is 14.2. The zero-order valence-electron chi connectivity index (χ0n) is 23.7. The zero-order valence-corrected chi connectivity index (χ0v) is 24.6. The Morgan fingerprint density at radius 2 is 1.52 bits per heavy atom. The molecule has 1 N–H and O–H groups in total. The van der Waals surface area contributed by atoms with Gasteiger partial charge in [0.05, 0.1) is 0 Å². The summed E-state index contributed by atoms with van der Waals surface area (Å²) in [6.45, 7) is 1.96. The van der Waals surface area contributed by atoms with Gasteiger partial charge in [-0.05, 0) is 41.7 Å². The Labute approximate surface area is 251 Å². The predicted octanol–water partition coefficient (Wildman–Crippen LogP) is 6.02. The summed E-state index contributed by atoms with van der Waals surface area (Å²) in [6, 6.07) is 27.6. The van der Waals surface area contributed by atoms with Gasteiger partial charge in [-0.2, -0.15) is 0 Å². The molecule has 8 heteroatoms. The van der Waals surface area contributed by atoms with E-state index in [1.807, 2.05) is 78.9 Å². The van der Waals surface area contributed by atoms with Gasteiger partial charge >= 0.3 is 5.97 Å². The van der Waals surface area contributed by atoms with Gasteiger partial charge in [-0.1, -0.05) is 105 Å². The van der Waals surface area contributed by atoms with E-state index in [0.29, 0.717) is 17.2 Å². The van der Waals surface area contributed by atoms with Crippen molar-refractivity contribution in [2.24, 2.45) is 0 Å². The minimum atomic E-state index is -0.731. The number of thioether (sulfide) groups is 1. The molecule has 2 aliphatic rings. The van der Waals surface area contributed by atoms with Crippen molar-refractivity contribution in [2.75, 3.05) is 12.4 Å². The molecule has 0 spiro atoms. The van der Waals surface area contributed by atoms with E-state index < -0.39 is 18.1 Å². The summed E-state index contributed by atoms with van der Waals surface area (Å²) in [5.41, 5.74) is 2.94. The molecule has 2 amide bonds. The molecule has 0 aromatic heterocycles. The lowest BCUT2D eigenvalue weighted by atomic mass is 9.99. The highest BCUT2D eigenvalue weighted by Gasteiger charge is 2.54. The number of hydrogen-bond donors (Lipinski definition) is 1. The summed E-state index contributed by atoms with van der Waals surface area (Å²) in [4.78, 5) is 41.7. The van der Waals surface area contributed by atoms with Crippen LogP contribution in [-0.2, 0) is 19.1 Å². The third kappa shape index (κ3) is 6.87. The van der Waals surface area contributed by atoms with Gasteiger partial charge in [0, 0.05) is 5.75 Å². The molecule has 0 bridgehead atoms. The molecule has 2 atom stereocenters. The number of para-hydroxylation sites is 1. The highest BCUT2D eigenvalue weighted by molar-refractivity contribution is 8.00. The Bertz CT molecular complexity index is 1360. The fourth-order valence-corrected chi connectivity index (χ4v) is 6.64. The van der Waals surface area contributed by atoms with E-state index in [-0.39, 0.29) is 23.8 Å².